The number of hydrogen-bond acceptors (Lipinski definition) is 2. The molecular weight excluding hydrogens is 404 g/mol. The molecule has 0 aromatic heterocycles. The molecule has 1 heterocycles. The summed E-state index contributed by atoms with van der Waals surface area (Å²) in [4.78, 5) is 0. The minimum atomic E-state index is 0.166. The molecule has 0 aromatic carbocycles. The summed E-state index contributed by atoms with van der Waals surface area (Å²) in [6.45, 7) is 18.0. The summed E-state index contributed by atoms with van der Waals surface area (Å²) >= 11 is 0. The molecule has 4 aliphatic carbocycles. The predicted molar refractivity (Wildman–Crippen MR) is 137 cm³/mol. The van der Waals surface area contributed by atoms with Crippen LogP contribution in [0.5, 0.6) is 0 Å². The Labute approximate surface area is 204 Å². The highest BCUT2D eigenvalue weighted by molar-refractivity contribution is 5.39. The van der Waals surface area contributed by atoms with Crippen molar-refractivity contribution in [3.8, 4) is 0 Å². The van der Waals surface area contributed by atoms with Crippen LogP contribution < -0.4 is 0 Å². The average molecular weight is 455 g/mol. The number of allylic oxidation sites excluding steroid dienone is 4. The molecule has 5 rings (SSSR count). The third-order valence-corrected chi connectivity index (χ3v) is 11.9. The first-order valence-corrected chi connectivity index (χ1v) is 14.4. The minimum Gasteiger partial charge on any atom is -0.378 e. The zero-order chi connectivity index (χ0) is 23.6. The second-order valence-corrected chi connectivity index (χ2v) is 13.2. The fourth-order valence-electron chi connectivity index (χ4n) is 9.46. The maximum Gasteiger partial charge on any atom is 0.0944 e. The van der Waals surface area contributed by atoms with Gasteiger partial charge in [-0.3, -0.25) is 0 Å². The van der Waals surface area contributed by atoms with Crippen LogP contribution in [-0.4, -0.2) is 24.4 Å². The van der Waals surface area contributed by atoms with Crippen molar-refractivity contribution in [1.29, 1.82) is 0 Å². The first-order valence-electron chi connectivity index (χ1n) is 14.4. The Bertz CT molecular complexity index is 806. The molecule has 5 aliphatic rings. The lowest BCUT2D eigenvalue weighted by Gasteiger charge is -2.57. The van der Waals surface area contributed by atoms with Crippen LogP contribution in [0.25, 0.3) is 0 Å². The standard InChI is InChI=1S/C31H50O2/c1-8-31(9-2)28(33-31)15-17-32-22(5)25-12-13-26-24-11-10-23-19-20(3)18-21(4)30(23,7)27(24)14-16-29(25,26)6/h10-11,20-22,25-28H,8-9,12-19H2,1-7H3/t20-,21-,22+,25+,26?,27?,28?,29+,30-/m0/s1. The summed E-state index contributed by atoms with van der Waals surface area (Å²) in [5.41, 5.74) is 4.54. The van der Waals surface area contributed by atoms with Crippen LogP contribution in [0.15, 0.2) is 23.3 Å². The van der Waals surface area contributed by atoms with E-state index in [1.807, 2.05) is 5.57 Å². The number of fused-ring (bicyclic) bond motifs is 5. The molecule has 0 radical (unpaired) electrons. The van der Waals surface area contributed by atoms with E-state index in [0.717, 1.165) is 49.5 Å². The Morgan fingerprint density at radius 1 is 1.06 bits per heavy atom. The quantitative estimate of drug-likeness (QED) is 0.362. The number of ether oxygens (including phenoxy) is 2. The lowest BCUT2D eigenvalue weighted by Crippen LogP contribution is -2.49. The van der Waals surface area contributed by atoms with Crippen molar-refractivity contribution in [2.75, 3.05) is 6.61 Å². The van der Waals surface area contributed by atoms with Crippen LogP contribution >= 0.6 is 0 Å². The lowest BCUT2D eigenvalue weighted by atomic mass is 9.47. The fraction of sp³-hybridized carbons (Fsp3) is 0.871. The van der Waals surface area contributed by atoms with Gasteiger partial charge >= 0.3 is 0 Å². The fourth-order valence-corrected chi connectivity index (χ4v) is 9.46. The van der Waals surface area contributed by atoms with E-state index in [-0.39, 0.29) is 5.60 Å². The second-order valence-electron chi connectivity index (χ2n) is 13.2. The first-order chi connectivity index (χ1) is 15.7. The van der Waals surface area contributed by atoms with Crippen molar-refractivity contribution in [3.63, 3.8) is 0 Å². The van der Waals surface area contributed by atoms with Gasteiger partial charge in [0, 0.05) is 6.61 Å². The van der Waals surface area contributed by atoms with Crippen molar-refractivity contribution in [3.05, 3.63) is 23.3 Å². The van der Waals surface area contributed by atoms with Gasteiger partial charge in [0.05, 0.1) is 17.8 Å². The molecule has 4 fully saturated rings. The molecule has 0 N–H and O–H groups in total. The molecule has 186 valence electrons. The number of rotatable bonds is 7. The van der Waals surface area contributed by atoms with E-state index < -0.39 is 0 Å². The van der Waals surface area contributed by atoms with Gasteiger partial charge in [-0.15, -0.1) is 0 Å². The molecule has 0 amide bonds. The Kier molecular flexibility index (Phi) is 6.22. The summed E-state index contributed by atoms with van der Waals surface area (Å²) < 4.78 is 12.6. The summed E-state index contributed by atoms with van der Waals surface area (Å²) in [6, 6.07) is 0. The molecule has 3 saturated carbocycles. The van der Waals surface area contributed by atoms with E-state index in [0.29, 0.717) is 29.0 Å². The van der Waals surface area contributed by atoms with E-state index in [2.05, 4.69) is 60.6 Å². The summed E-state index contributed by atoms with van der Waals surface area (Å²) in [7, 11) is 0. The van der Waals surface area contributed by atoms with Gasteiger partial charge in [-0.05, 0) is 105 Å². The van der Waals surface area contributed by atoms with Gasteiger partial charge < -0.3 is 9.47 Å². The molecule has 3 unspecified atom stereocenters. The molecule has 1 saturated heterocycles. The zero-order valence-corrected chi connectivity index (χ0v) is 22.6. The van der Waals surface area contributed by atoms with Gasteiger partial charge in [0.15, 0.2) is 0 Å². The van der Waals surface area contributed by atoms with Crippen molar-refractivity contribution < 1.29 is 9.47 Å². The summed E-state index contributed by atoms with van der Waals surface area (Å²) in [6.07, 6.45) is 17.4. The van der Waals surface area contributed by atoms with E-state index in [9.17, 15) is 0 Å². The third-order valence-electron chi connectivity index (χ3n) is 11.9. The number of hydrogen-bond donors (Lipinski definition) is 0. The summed E-state index contributed by atoms with van der Waals surface area (Å²) in [5.74, 6) is 3.86. The largest absolute Gasteiger partial charge is 0.378 e. The Hall–Kier alpha value is -0.600. The molecule has 0 spiro atoms. The van der Waals surface area contributed by atoms with Crippen molar-refractivity contribution in [2.45, 2.75) is 124 Å². The summed E-state index contributed by atoms with van der Waals surface area (Å²) in [5, 5.41) is 0. The second kappa shape index (κ2) is 8.51. The predicted octanol–water partition coefficient (Wildman–Crippen LogP) is 8.12. The highest BCUT2D eigenvalue weighted by atomic mass is 16.6. The highest BCUT2D eigenvalue weighted by Gasteiger charge is 2.58. The van der Waals surface area contributed by atoms with Gasteiger partial charge in [0.25, 0.3) is 0 Å². The van der Waals surface area contributed by atoms with E-state index in [1.165, 1.54) is 38.5 Å². The van der Waals surface area contributed by atoms with Crippen molar-refractivity contribution >= 4 is 0 Å². The van der Waals surface area contributed by atoms with E-state index >= 15 is 0 Å². The minimum absolute atomic E-state index is 0.166. The Balaban J connectivity index is 1.27. The first kappa shape index (κ1) is 24.1. The van der Waals surface area contributed by atoms with Gasteiger partial charge in [0.1, 0.15) is 0 Å². The monoisotopic (exact) mass is 454 g/mol. The molecule has 9 atom stereocenters. The SMILES string of the molecule is CCC1(CC)OC1CCO[C@H](C)[C@H]1CCC2C3=CC=C4C[C@@H](C)C[C@H](C)[C@]4(C)C3CC[C@@]21C. The van der Waals surface area contributed by atoms with Gasteiger partial charge in [-0.2, -0.15) is 0 Å². The van der Waals surface area contributed by atoms with E-state index in [4.69, 9.17) is 9.47 Å². The van der Waals surface area contributed by atoms with Crippen LogP contribution in [0.2, 0.25) is 0 Å². The van der Waals surface area contributed by atoms with Crippen LogP contribution in [0, 0.1) is 40.4 Å². The van der Waals surface area contributed by atoms with Gasteiger partial charge in [0.2, 0.25) is 0 Å². The molecule has 0 bridgehead atoms. The highest BCUT2D eigenvalue weighted by Crippen LogP contribution is 2.66. The van der Waals surface area contributed by atoms with Crippen LogP contribution in [-0.2, 0) is 9.47 Å². The van der Waals surface area contributed by atoms with Gasteiger partial charge in [-0.25, -0.2) is 0 Å². The Morgan fingerprint density at radius 3 is 2.52 bits per heavy atom. The topological polar surface area (TPSA) is 21.8 Å². The van der Waals surface area contributed by atoms with Crippen LogP contribution in [0.4, 0.5) is 0 Å². The normalized spacial score (nSPS) is 46.5. The molecule has 2 nitrogen and oxygen atoms in total. The van der Waals surface area contributed by atoms with E-state index in [1.54, 1.807) is 5.57 Å². The van der Waals surface area contributed by atoms with Crippen LogP contribution in [0.1, 0.15) is 106 Å². The average Bonchev–Trinajstić information content (AvgIpc) is 3.37. The maximum atomic E-state index is 6.53. The lowest BCUT2D eigenvalue weighted by molar-refractivity contribution is -0.0387. The smallest absolute Gasteiger partial charge is 0.0944 e. The zero-order valence-electron chi connectivity index (χ0n) is 22.6. The Morgan fingerprint density at radius 2 is 1.82 bits per heavy atom. The number of epoxide rings is 1. The van der Waals surface area contributed by atoms with Gasteiger partial charge in [-0.1, -0.05) is 64.8 Å². The maximum absolute atomic E-state index is 6.53. The molecule has 1 aliphatic heterocycles. The van der Waals surface area contributed by atoms with Crippen molar-refractivity contribution in [1.82, 2.24) is 0 Å². The molecular formula is C31H50O2. The van der Waals surface area contributed by atoms with Crippen molar-refractivity contribution in [2.24, 2.45) is 40.4 Å². The molecule has 2 heteroatoms. The molecule has 0 aromatic rings. The third kappa shape index (κ3) is 3.64. The molecule has 33 heavy (non-hydrogen) atoms. The van der Waals surface area contributed by atoms with Crippen LogP contribution in [0.3, 0.4) is 0 Å².